The Morgan fingerprint density at radius 3 is 2.27 bits per heavy atom. The molecule has 0 fully saturated rings. The molecule has 30 heavy (non-hydrogen) atoms. The number of nitrogens with one attached hydrogen (secondary N) is 2. The molecule has 0 saturated heterocycles. The molecule has 0 radical (unpaired) electrons. The van der Waals surface area contributed by atoms with Gasteiger partial charge in [0.1, 0.15) is 18.1 Å². The van der Waals surface area contributed by atoms with Crippen molar-refractivity contribution in [2.45, 2.75) is 13.5 Å². The number of rotatable bonds is 10. The van der Waals surface area contributed by atoms with Crippen molar-refractivity contribution < 1.29 is 14.3 Å². The highest BCUT2D eigenvalue weighted by Gasteiger charge is 2.00. The first kappa shape index (κ1) is 20.9. The van der Waals surface area contributed by atoms with Crippen LogP contribution in [0.1, 0.15) is 18.1 Å². The number of carbonyl (C=O) groups is 1. The van der Waals surface area contributed by atoms with E-state index in [-0.39, 0.29) is 12.5 Å². The molecule has 0 aliphatic carbocycles. The molecular weight excluding hydrogens is 378 g/mol. The molecule has 0 unspecified atom stereocenters. The lowest BCUT2D eigenvalue weighted by Gasteiger charge is -2.07. The largest absolute Gasteiger partial charge is 0.494 e. The predicted molar refractivity (Wildman–Crippen MR) is 119 cm³/mol. The van der Waals surface area contributed by atoms with Gasteiger partial charge >= 0.3 is 0 Å². The maximum Gasteiger partial charge on any atom is 0.259 e. The Morgan fingerprint density at radius 1 is 0.900 bits per heavy atom. The van der Waals surface area contributed by atoms with Gasteiger partial charge in [-0.1, -0.05) is 30.3 Å². The second-order valence-corrected chi connectivity index (χ2v) is 6.45. The van der Waals surface area contributed by atoms with Crippen LogP contribution >= 0.6 is 0 Å². The summed E-state index contributed by atoms with van der Waals surface area (Å²) in [6, 6.07) is 25.0. The fourth-order valence-electron chi connectivity index (χ4n) is 2.63. The van der Waals surface area contributed by atoms with E-state index in [4.69, 9.17) is 9.47 Å². The zero-order valence-electron chi connectivity index (χ0n) is 16.9. The Kier molecular flexibility index (Phi) is 7.85. The van der Waals surface area contributed by atoms with Gasteiger partial charge in [-0.05, 0) is 66.6 Å². The van der Waals surface area contributed by atoms with Gasteiger partial charge in [0.05, 0.1) is 19.4 Å². The summed E-state index contributed by atoms with van der Waals surface area (Å²) < 4.78 is 11.1. The molecular formula is C24H25N3O3. The van der Waals surface area contributed by atoms with Gasteiger partial charge in [0.25, 0.3) is 5.91 Å². The van der Waals surface area contributed by atoms with Crippen molar-refractivity contribution in [1.82, 2.24) is 5.43 Å². The maximum absolute atomic E-state index is 11.9. The molecule has 0 saturated carbocycles. The Labute approximate surface area is 176 Å². The van der Waals surface area contributed by atoms with E-state index in [1.54, 1.807) is 6.21 Å². The van der Waals surface area contributed by atoms with Crippen LogP contribution in [0.3, 0.4) is 0 Å². The number of nitrogens with zero attached hydrogens (tertiary/aromatic N) is 1. The van der Waals surface area contributed by atoms with Gasteiger partial charge in [0.2, 0.25) is 0 Å². The summed E-state index contributed by atoms with van der Waals surface area (Å²) in [4.78, 5) is 11.9. The first-order valence-electron chi connectivity index (χ1n) is 9.78. The predicted octanol–water partition coefficient (Wildman–Crippen LogP) is 4.23. The number of benzene rings is 3. The number of amides is 1. The van der Waals surface area contributed by atoms with Crippen molar-refractivity contribution in [2.24, 2.45) is 5.10 Å². The van der Waals surface area contributed by atoms with Crippen LogP contribution in [0.2, 0.25) is 0 Å². The summed E-state index contributed by atoms with van der Waals surface area (Å²) in [7, 11) is 0. The van der Waals surface area contributed by atoms with Crippen LogP contribution < -0.4 is 20.2 Å². The summed E-state index contributed by atoms with van der Waals surface area (Å²) in [5, 5.41) is 7.03. The topological polar surface area (TPSA) is 72.0 Å². The number of hydrogen-bond donors (Lipinski definition) is 2. The van der Waals surface area contributed by atoms with E-state index in [0.29, 0.717) is 13.2 Å². The van der Waals surface area contributed by atoms with E-state index in [1.807, 2.05) is 85.8 Å². The molecule has 0 spiro atoms. The number of ether oxygens (including phenoxy) is 2. The fourth-order valence-corrected chi connectivity index (χ4v) is 2.63. The molecule has 0 bridgehead atoms. The van der Waals surface area contributed by atoms with E-state index in [0.717, 1.165) is 28.3 Å². The third kappa shape index (κ3) is 6.98. The van der Waals surface area contributed by atoms with Crippen molar-refractivity contribution >= 4 is 17.8 Å². The highest BCUT2D eigenvalue weighted by atomic mass is 16.5. The zero-order chi connectivity index (χ0) is 21.0. The van der Waals surface area contributed by atoms with Gasteiger partial charge in [-0.25, -0.2) is 5.43 Å². The van der Waals surface area contributed by atoms with Crippen molar-refractivity contribution in [2.75, 3.05) is 18.5 Å². The van der Waals surface area contributed by atoms with Crippen LogP contribution in [0.25, 0.3) is 0 Å². The average molecular weight is 403 g/mol. The van der Waals surface area contributed by atoms with E-state index >= 15 is 0 Å². The SMILES string of the molecule is CCOc1ccc(NCC(=O)N/N=C/c2ccc(OCc3ccccc3)cc2)cc1. The third-order valence-corrected chi connectivity index (χ3v) is 4.15. The monoisotopic (exact) mass is 403 g/mol. The molecule has 2 N–H and O–H groups in total. The summed E-state index contributed by atoms with van der Waals surface area (Å²) >= 11 is 0. The molecule has 0 aliphatic heterocycles. The van der Waals surface area contributed by atoms with E-state index in [1.165, 1.54) is 0 Å². The van der Waals surface area contributed by atoms with Gasteiger partial charge in [0, 0.05) is 5.69 Å². The van der Waals surface area contributed by atoms with Crippen molar-refractivity contribution in [3.8, 4) is 11.5 Å². The van der Waals surface area contributed by atoms with E-state index in [2.05, 4.69) is 15.8 Å². The number of hydrazone groups is 1. The maximum atomic E-state index is 11.9. The van der Waals surface area contributed by atoms with E-state index in [9.17, 15) is 4.79 Å². The standard InChI is InChI=1S/C24H25N3O3/c1-2-29-22-14-10-21(11-15-22)25-17-24(28)27-26-16-19-8-12-23(13-9-19)30-18-20-6-4-3-5-7-20/h3-16,25H,2,17-18H2,1H3,(H,27,28)/b26-16+. The number of anilines is 1. The number of hydrogen-bond acceptors (Lipinski definition) is 5. The molecule has 0 aromatic heterocycles. The summed E-state index contributed by atoms with van der Waals surface area (Å²) in [5.41, 5.74) is 5.32. The summed E-state index contributed by atoms with van der Waals surface area (Å²) in [6.45, 7) is 3.20. The Hall–Kier alpha value is -3.80. The molecule has 6 heteroatoms. The second kappa shape index (κ2) is 11.3. The van der Waals surface area contributed by atoms with Crippen molar-refractivity contribution in [3.63, 3.8) is 0 Å². The third-order valence-electron chi connectivity index (χ3n) is 4.15. The lowest BCUT2D eigenvalue weighted by molar-refractivity contribution is -0.119. The highest BCUT2D eigenvalue weighted by Crippen LogP contribution is 2.15. The first-order valence-corrected chi connectivity index (χ1v) is 9.78. The molecule has 1 amide bonds. The van der Waals surface area contributed by atoms with Crippen molar-refractivity contribution in [1.29, 1.82) is 0 Å². The lowest BCUT2D eigenvalue weighted by atomic mass is 10.2. The van der Waals surface area contributed by atoms with Crippen LogP contribution in [0.4, 0.5) is 5.69 Å². The van der Waals surface area contributed by atoms with Crippen LogP contribution in [0, 0.1) is 0 Å². The van der Waals surface area contributed by atoms with Crippen LogP contribution in [0.15, 0.2) is 84.0 Å². The Morgan fingerprint density at radius 2 is 1.57 bits per heavy atom. The van der Waals surface area contributed by atoms with Crippen LogP contribution in [-0.2, 0) is 11.4 Å². The minimum absolute atomic E-state index is 0.123. The molecule has 154 valence electrons. The first-order chi connectivity index (χ1) is 14.7. The van der Waals surface area contributed by atoms with Gasteiger partial charge in [0.15, 0.2) is 0 Å². The summed E-state index contributed by atoms with van der Waals surface area (Å²) in [5.74, 6) is 1.34. The minimum Gasteiger partial charge on any atom is -0.494 e. The Bertz CT molecular complexity index is 940. The molecule has 3 aromatic carbocycles. The molecule has 0 aliphatic rings. The van der Waals surface area contributed by atoms with Crippen LogP contribution in [0.5, 0.6) is 11.5 Å². The lowest BCUT2D eigenvalue weighted by Crippen LogP contribution is -2.25. The second-order valence-electron chi connectivity index (χ2n) is 6.45. The van der Waals surface area contributed by atoms with Gasteiger partial charge in [-0.2, -0.15) is 5.10 Å². The molecule has 0 atom stereocenters. The average Bonchev–Trinajstić information content (AvgIpc) is 2.79. The van der Waals surface area contributed by atoms with Gasteiger partial charge < -0.3 is 14.8 Å². The van der Waals surface area contributed by atoms with E-state index < -0.39 is 0 Å². The number of carbonyl (C=O) groups excluding carboxylic acids is 1. The zero-order valence-corrected chi connectivity index (χ0v) is 16.9. The Balaban J connectivity index is 1.39. The van der Waals surface area contributed by atoms with Gasteiger partial charge in [-0.15, -0.1) is 0 Å². The van der Waals surface area contributed by atoms with Gasteiger partial charge in [-0.3, -0.25) is 4.79 Å². The summed E-state index contributed by atoms with van der Waals surface area (Å²) in [6.07, 6.45) is 1.59. The highest BCUT2D eigenvalue weighted by molar-refractivity contribution is 5.84. The minimum atomic E-state index is -0.233. The fraction of sp³-hybridized carbons (Fsp3) is 0.167. The van der Waals surface area contributed by atoms with Crippen molar-refractivity contribution in [3.05, 3.63) is 90.0 Å². The normalized spacial score (nSPS) is 10.6. The quantitative estimate of drug-likeness (QED) is 0.393. The molecule has 3 rings (SSSR count). The van der Waals surface area contributed by atoms with Crippen LogP contribution in [-0.4, -0.2) is 25.3 Å². The molecule has 6 nitrogen and oxygen atoms in total. The molecule has 0 heterocycles. The molecule has 3 aromatic rings. The smallest absolute Gasteiger partial charge is 0.259 e.